The normalized spacial score (nSPS) is 10.2. The molecule has 0 atom stereocenters. The Bertz CT molecular complexity index is 402. The van der Waals surface area contributed by atoms with Crippen molar-refractivity contribution in [3.8, 4) is 0 Å². The molecule has 1 N–H and O–H groups in total. The van der Waals surface area contributed by atoms with Crippen LogP contribution in [0.3, 0.4) is 0 Å². The summed E-state index contributed by atoms with van der Waals surface area (Å²) in [5.41, 5.74) is 1.76. The van der Waals surface area contributed by atoms with Gasteiger partial charge in [0.15, 0.2) is 0 Å². The van der Waals surface area contributed by atoms with Crippen LogP contribution < -0.4 is 4.90 Å². The standard InChI is InChI=1S/C9H8N3O/c1-12(6-13)9-10-7-4-2-3-5-8(7)11-9/h2-5H,1H3,(H,10,11). The molecule has 4 nitrogen and oxygen atoms in total. The molecule has 0 saturated heterocycles. The first-order valence-corrected chi connectivity index (χ1v) is 3.87. The van der Waals surface area contributed by atoms with E-state index in [-0.39, 0.29) is 0 Å². The van der Waals surface area contributed by atoms with Crippen molar-refractivity contribution in [3.05, 3.63) is 24.3 Å². The summed E-state index contributed by atoms with van der Waals surface area (Å²) in [5.74, 6) is 0.510. The fourth-order valence-corrected chi connectivity index (χ4v) is 1.14. The zero-order valence-electron chi connectivity index (χ0n) is 7.11. The van der Waals surface area contributed by atoms with Crippen LogP contribution >= 0.6 is 0 Å². The number of hydrogen-bond acceptors (Lipinski definition) is 2. The Balaban J connectivity index is 2.55. The minimum absolute atomic E-state index is 0.510. The maximum Gasteiger partial charge on any atom is 0.319 e. The average molecular weight is 174 g/mol. The van der Waals surface area contributed by atoms with Gasteiger partial charge in [0.25, 0.3) is 0 Å². The van der Waals surface area contributed by atoms with Crippen LogP contribution in [0.4, 0.5) is 5.95 Å². The molecule has 1 aromatic carbocycles. The summed E-state index contributed by atoms with van der Waals surface area (Å²) >= 11 is 0. The average Bonchev–Trinajstić information content (AvgIpc) is 2.59. The summed E-state index contributed by atoms with van der Waals surface area (Å²) in [6.45, 7) is 0. The van der Waals surface area contributed by atoms with E-state index in [4.69, 9.17) is 0 Å². The molecular weight excluding hydrogens is 166 g/mol. The Morgan fingerprint density at radius 3 is 2.92 bits per heavy atom. The number of aromatic nitrogens is 2. The molecule has 0 aliphatic rings. The third-order valence-corrected chi connectivity index (χ3v) is 1.83. The van der Waals surface area contributed by atoms with E-state index in [0.29, 0.717) is 5.95 Å². The first kappa shape index (κ1) is 7.79. The van der Waals surface area contributed by atoms with Crippen molar-refractivity contribution in [1.82, 2.24) is 9.97 Å². The van der Waals surface area contributed by atoms with E-state index in [1.54, 1.807) is 13.5 Å². The molecule has 4 heteroatoms. The largest absolute Gasteiger partial charge is 0.324 e. The van der Waals surface area contributed by atoms with Gasteiger partial charge in [0.1, 0.15) is 0 Å². The summed E-state index contributed by atoms with van der Waals surface area (Å²) in [6.07, 6.45) is 1.73. The van der Waals surface area contributed by atoms with E-state index >= 15 is 0 Å². The molecule has 65 valence electrons. The fourth-order valence-electron chi connectivity index (χ4n) is 1.14. The molecule has 0 aliphatic carbocycles. The number of hydrogen-bond donors (Lipinski definition) is 1. The highest BCUT2D eigenvalue weighted by Gasteiger charge is 2.05. The zero-order valence-corrected chi connectivity index (χ0v) is 7.11. The van der Waals surface area contributed by atoms with Crippen LogP contribution in [0.25, 0.3) is 11.0 Å². The van der Waals surface area contributed by atoms with E-state index in [0.717, 1.165) is 11.0 Å². The topological polar surface area (TPSA) is 49.0 Å². The summed E-state index contributed by atoms with van der Waals surface area (Å²) in [5, 5.41) is 0. The first-order valence-electron chi connectivity index (χ1n) is 3.87. The van der Waals surface area contributed by atoms with Gasteiger partial charge in [0.05, 0.1) is 11.0 Å². The number of rotatable bonds is 2. The van der Waals surface area contributed by atoms with Crippen LogP contribution in [-0.2, 0) is 4.79 Å². The molecule has 1 amide bonds. The van der Waals surface area contributed by atoms with Crippen LogP contribution in [0.5, 0.6) is 0 Å². The van der Waals surface area contributed by atoms with E-state index in [2.05, 4.69) is 9.97 Å². The number of amides is 1. The summed E-state index contributed by atoms with van der Waals surface area (Å²) in [4.78, 5) is 18.8. The maximum absolute atomic E-state index is 10.3. The molecule has 0 saturated carbocycles. The summed E-state index contributed by atoms with van der Waals surface area (Å²) in [6, 6.07) is 7.60. The molecule has 0 fully saturated rings. The second kappa shape index (κ2) is 2.90. The second-order valence-electron chi connectivity index (χ2n) is 2.73. The van der Waals surface area contributed by atoms with E-state index in [1.807, 2.05) is 24.3 Å². The molecule has 0 bridgehead atoms. The van der Waals surface area contributed by atoms with Crippen molar-refractivity contribution in [3.63, 3.8) is 0 Å². The molecule has 0 spiro atoms. The van der Waals surface area contributed by atoms with Gasteiger partial charge in [-0.3, -0.25) is 9.69 Å². The predicted octanol–water partition coefficient (Wildman–Crippen LogP) is 1.07. The number of carbonyl (C=O) groups excluding carboxylic acids is 1. The predicted molar refractivity (Wildman–Crippen MR) is 50.2 cm³/mol. The van der Waals surface area contributed by atoms with Crippen LogP contribution in [0.1, 0.15) is 0 Å². The van der Waals surface area contributed by atoms with E-state index < -0.39 is 0 Å². The van der Waals surface area contributed by atoms with Gasteiger partial charge in [-0.05, 0) is 12.1 Å². The van der Waals surface area contributed by atoms with Gasteiger partial charge in [-0.1, -0.05) is 12.1 Å². The fraction of sp³-hybridized carbons (Fsp3) is 0.111. The van der Waals surface area contributed by atoms with E-state index in [9.17, 15) is 4.79 Å². The lowest BCUT2D eigenvalue weighted by molar-refractivity contribution is 0.553. The lowest BCUT2D eigenvalue weighted by Crippen LogP contribution is -2.14. The molecular formula is C9H8N3O. The highest BCUT2D eigenvalue weighted by Crippen LogP contribution is 2.14. The third-order valence-electron chi connectivity index (χ3n) is 1.83. The molecule has 13 heavy (non-hydrogen) atoms. The van der Waals surface area contributed by atoms with Gasteiger partial charge in [-0.15, -0.1) is 0 Å². The monoisotopic (exact) mass is 174 g/mol. The molecule has 1 heterocycles. The summed E-state index contributed by atoms with van der Waals surface area (Å²) < 4.78 is 0. The minimum Gasteiger partial charge on any atom is -0.324 e. The molecule has 2 rings (SSSR count). The van der Waals surface area contributed by atoms with Crippen molar-refractivity contribution in [1.29, 1.82) is 0 Å². The third kappa shape index (κ3) is 1.26. The van der Waals surface area contributed by atoms with Gasteiger partial charge >= 0.3 is 6.41 Å². The minimum atomic E-state index is 0.510. The highest BCUT2D eigenvalue weighted by atomic mass is 16.1. The Hall–Kier alpha value is -1.84. The quantitative estimate of drug-likeness (QED) is 0.692. The Kier molecular flexibility index (Phi) is 1.73. The molecule has 1 radical (unpaired) electrons. The molecule has 1 aromatic heterocycles. The van der Waals surface area contributed by atoms with Gasteiger partial charge in [-0.25, -0.2) is 4.98 Å². The number of aromatic amines is 1. The smallest absolute Gasteiger partial charge is 0.319 e. The number of nitrogens with one attached hydrogen (secondary N) is 1. The van der Waals surface area contributed by atoms with Crippen LogP contribution in [0.2, 0.25) is 0 Å². The maximum atomic E-state index is 10.3. The SMILES string of the molecule is CN([C]=O)c1nc2ccccc2[nH]1. The molecule has 0 aliphatic heterocycles. The Morgan fingerprint density at radius 2 is 2.23 bits per heavy atom. The molecule has 2 aromatic rings. The summed E-state index contributed by atoms with van der Waals surface area (Å²) in [7, 11) is 1.60. The van der Waals surface area contributed by atoms with Crippen molar-refractivity contribution >= 4 is 23.4 Å². The lowest BCUT2D eigenvalue weighted by atomic mass is 10.3. The van der Waals surface area contributed by atoms with Crippen LogP contribution in [-0.4, -0.2) is 23.4 Å². The second-order valence-corrected chi connectivity index (χ2v) is 2.73. The number of nitrogens with zero attached hydrogens (tertiary/aromatic N) is 2. The van der Waals surface area contributed by atoms with Gasteiger partial charge < -0.3 is 4.98 Å². The van der Waals surface area contributed by atoms with Crippen molar-refractivity contribution in [2.24, 2.45) is 0 Å². The number of H-pyrrole nitrogens is 1. The number of anilines is 1. The van der Waals surface area contributed by atoms with E-state index in [1.165, 1.54) is 4.90 Å². The first-order chi connectivity index (χ1) is 6.31. The Morgan fingerprint density at radius 1 is 1.46 bits per heavy atom. The van der Waals surface area contributed by atoms with Crippen molar-refractivity contribution < 1.29 is 4.79 Å². The number of fused-ring (bicyclic) bond motifs is 1. The van der Waals surface area contributed by atoms with Crippen molar-refractivity contribution in [2.75, 3.05) is 11.9 Å². The Labute approximate surface area is 75.2 Å². The van der Waals surface area contributed by atoms with Crippen LogP contribution in [0.15, 0.2) is 24.3 Å². The number of benzene rings is 1. The van der Waals surface area contributed by atoms with Crippen LogP contribution in [0, 0.1) is 0 Å². The van der Waals surface area contributed by atoms with Gasteiger partial charge in [0, 0.05) is 7.05 Å². The number of para-hydroxylation sites is 2. The number of imidazole rings is 1. The van der Waals surface area contributed by atoms with Gasteiger partial charge in [0.2, 0.25) is 5.95 Å². The zero-order chi connectivity index (χ0) is 9.26. The van der Waals surface area contributed by atoms with Gasteiger partial charge in [-0.2, -0.15) is 0 Å². The van der Waals surface area contributed by atoms with Crippen molar-refractivity contribution in [2.45, 2.75) is 0 Å². The molecule has 0 unspecified atom stereocenters. The lowest BCUT2D eigenvalue weighted by Gasteiger charge is -2.01. The highest BCUT2D eigenvalue weighted by molar-refractivity contribution is 5.81.